The van der Waals surface area contributed by atoms with Crippen molar-refractivity contribution in [2.24, 2.45) is 5.41 Å². The molecule has 0 atom stereocenters. The Morgan fingerprint density at radius 1 is 1.05 bits per heavy atom. The first kappa shape index (κ1) is 17.7. The van der Waals surface area contributed by atoms with Gasteiger partial charge in [0.2, 0.25) is 5.91 Å². The molecule has 0 aromatic rings. The molecule has 0 bridgehead atoms. The van der Waals surface area contributed by atoms with Crippen LogP contribution in [-0.2, 0) is 15.0 Å². The number of hydrogen-bond acceptors (Lipinski definition) is 3. The lowest BCUT2D eigenvalue weighted by atomic mass is 9.73. The molecule has 0 aliphatic carbocycles. The number of amides is 1. The van der Waals surface area contributed by atoms with Gasteiger partial charge in [0.15, 0.2) is 0 Å². The van der Waals surface area contributed by atoms with Gasteiger partial charge in [-0.3, -0.25) is 4.79 Å². The smallest absolute Gasteiger partial charge is 0.281 e. The van der Waals surface area contributed by atoms with Crippen LogP contribution in [0.15, 0.2) is 0 Å². The van der Waals surface area contributed by atoms with Crippen molar-refractivity contribution >= 4 is 16.1 Å². The highest BCUT2D eigenvalue weighted by atomic mass is 32.2. The molecule has 2 rings (SSSR count). The summed E-state index contributed by atoms with van der Waals surface area (Å²) >= 11 is 0. The second-order valence-electron chi connectivity index (χ2n) is 6.56. The van der Waals surface area contributed by atoms with Gasteiger partial charge in [-0.2, -0.15) is 17.0 Å². The Bertz CT molecular complexity index is 494. The van der Waals surface area contributed by atoms with Crippen molar-refractivity contribution in [3.63, 3.8) is 0 Å². The van der Waals surface area contributed by atoms with E-state index < -0.39 is 10.2 Å². The van der Waals surface area contributed by atoms with Crippen molar-refractivity contribution < 1.29 is 13.2 Å². The lowest BCUT2D eigenvalue weighted by Crippen LogP contribution is -2.49. The Kier molecular flexibility index (Phi) is 5.50. The first-order chi connectivity index (χ1) is 10.3. The van der Waals surface area contributed by atoms with E-state index in [1.165, 1.54) is 4.31 Å². The van der Waals surface area contributed by atoms with Crippen molar-refractivity contribution in [2.45, 2.75) is 46.0 Å². The average Bonchev–Trinajstić information content (AvgIpc) is 2.63. The van der Waals surface area contributed by atoms with Crippen molar-refractivity contribution in [2.75, 3.05) is 39.8 Å². The molecule has 2 aliphatic heterocycles. The summed E-state index contributed by atoms with van der Waals surface area (Å²) in [5, 5.41) is 0. The molecule has 128 valence electrons. The number of piperidine rings is 1. The van der Waals surface area contributed by atoms with Gasteiger partial charge in [0.05, 0.1) is 0 Å². The van der Waals surface area contributed by atoms with Crippen LogP contribution in [-0.4, -0.2) is 67.6 Å². The minimum atomic E-state index is -3.32. The van der Waals surface area contributed by atoms with Crippen molar-refractivity contribution in [1.82, 2.24) is 13.5 Å². The summed E-state index contributed by atoms with van der Waals surface area (Å²) in [7, 11) is -1.46. The normalized spacial score (nSPS) is 24.0. The van der Waals surface area contributed by atoms with Gasteiger partial charge >= 0.3 is 0 Å². The van der Waals surface area contributed by atoms with Gasteiger partial charge in [-0.05, 0) is 31.1 Å². The molecule has 2 heterocycles. The van der Waals surface area contributed by atoms with Gasteiger partial charge in [-0.1, -0.05) is 13.8 Å². The molecule has 1 amide bonds. The summed E-state index contributed by atoms with van der Waals surface area (Å²) in [4.78, 5) is 13.7. The van der Waals surface area contributed by atoms with E-state index >= 15 is 0 Å². The fraction of sp³-hybridized carbons (Fsp3) is 0.933. The molecule has 7 heteroatoms. The van der Waals surface area contributed by atoms with Gasteiger partial charge in [0.1, 0.15) is 0 Å². The monoisotopic (exact) mass is 331 g/mol. The lowest BCUT2D eigenvalue weighted by Gasteiger charge is -2.41. The molecular weight excluding hydrogens is 302 g/mol. The van der Waals surface area contributed by atoms with E-state index in [1.54, 1.807) is 4.31 Å². The predicted molar refractivity (Wildman–Crippen MR) is 86.6 cm³/mol. The molecule has 0 aromatic carbocycles. The summed E-state index contributed by atoms with van der Waals surface area (Å²) in [5.41, 5.74) is 0.149. The van der Waals surface area contributed by atoms with E-state index in [0.29, 0.717) is 32.6 Å². The van der Waals surface area contributed by atoms with Crippen LogP contribution in [0.5, 0.6) is 0 Å². The standard InChI is InChI=1S/C15H29N3O3S/c1-4-17(5-2)22(20,21)18-12-9-15(10-13-18)7-6-14(19)16(3)11-8-15/h4-13H2,1-3H3. The third-order valence-corrected chi connectivity index (χ3v) is 7.60. The molecule has 0 radical (unpaired) electrons. The van der Waals surface area contributed by atoms with E-state index in [2.05, 4.69) is 0 Å². The molecule has 0 unspecified atom stereocenters. The van der Waals surface area contributed by atoms with Crippen molar-refractivity contribution in [1.29, 1.82) is 0 Å². The number of carbonyl (C=O) groups is 1. The third kappa shape index (κ3) is 3.46. The van der Waals surface area contributed by atoms with Crippen LogP contribution in [0.2, 0.25) is 0 Å². The minimum absolute atomic E-state index is 0.149. The van der Waals surface area contributed by atoms with Crippen molar-refractivity contribution in [3.05, 3.63) is 0 Å². The first-order valence-corrected chi connectivity index (χ1v) is 9.73. The van der Waals surface area contributed by atoms with Crippen LogP contribution in [0, 0.1) is 5.41 Å². The van der Waals surface area contributed by atoms with Crippen molar-refractivity contribution in [3.8, 4) is 0 Å². The van der Waals surface area contributed by atoms with E-state index in [4.69, 9.17) is 0 Å². The molecule has 2 aliphatic rings. The van der Waals surface area contributed by atoms with Gasteiger partial charge in [-0.25, -0.2) is 0 Å². The number of nitrogens with zero attached hydrogens (tertiary/aromatic N) is 3. The molecule has 1 spiro atoms. The topological polar surface area (TPSA) is 60.9 Å². The number of hydrogen-bond donors (Lipinski definition) is 0. The SMILES string of the molecule is CCN(CC)S(=O)(=O)N1CCC2(CCC(=O)N(C)CC2)CC1. The fourth-order valence-corrected chi connectivity index (χ4v) is 5.25. The zero-order chi connectivity index (χ0) is 16.4. The molecule has 6 nitrogen and oxygen atoms in total. The average molecular weight is 331 g/mol. The summed E-state index contributed by atoms with van der Waals surface area (Å²) in [5.74, 6) is 0.218. The fourth-order valence-electron chi connectivity index (χ4n) is 3.62. The van der Waals surface area contributed by atoms with Crippen LogP contribution in [0.25, 0.3) is 0 Å². The number of likely N-dealkylation sites (tertiary alicyclic amines) is 1. The van der Waals surface area contributed by atoms with E-state index in [9.17, 15) is 13.2 Å². The van der Waals surface area contributed by atoms with Crippen LogP contribution in [0.3, 0.4) is 0 Å². The van der Waals surface area contributed by atoms with Gasteiger partial charge < -0.3 is 4.90 Å². The van der Waals surface area contributed by atoms with Gasteiger partial charge in [-0.15, -0.1) is 0 Å². The van der Waals surface area contributed by atoms with Gasteiger partial charge in [0.25, 0.3) is 10.2 Å². The number of carbonyl (C=O) groups excluding carboxylic acids is 1. The Hall–Kier alpha value is -0.660. The molecule has 2 saturated heterocycles. The lowest BCUT2D eigenvalue weighted by molar-refractivity contribution is -0.129. The zero-order valence-corrected chi connectivity index (χ0v) is 14.9. The second kappa shape index (κ2) is 6.84. The molecule has 22 heavy (non-hydrogen) atoms. The molecule has 0 aromatic heterocycles. The minimum Gasteiger partial charge on any atom is -0.346 e. The predicted octanol–water partition coefficient (Wildman–Crippen LogP) is 1.30. The Morgan fingerprint density at radius 2 is 1.59 bits per heavy atom. The van der Waals surface area contributed by atoms with E-state index in [-0.39, 0.29) is 11.3 Å². The first-order valence-electron chi connectivity index (χ1n) is 8.34. The zero-order valence-electron chi connectivity index (χ0n) is 14.0. The maximum absolute atomic E-state index is 12.6. The van der Waals surface area contributed by atoms with Crippen LogP contribution < -0.4 is 0 Å². The molecule has 0 saturated carbocycles. The van der Waals surface area contributed by atoms with E-state index in [1.807, 2.05) is 25.8 Å². The molecule has 0 N–H and O–H groups in total. The summed E-state index contributed by atoms with van der Waals surface area (Å²) in [6.45, 7) is 6.73. The van der Waals surface area contributed by atoms with Gasteiger partial charge in [0, 0.05) is 46.2 Å². The summed E-state index contributed by atoms with van der Waals surface area (Å²) < 4.78 is 28.3. The quantitative estimate of drug-likeness (QED) is 0.780. The molecular formula is C15H29N3O3S. The Morgan fingerprint density at radius 3 is 2.14 bits per heavy atom. The maximum atomic E-state index is 12.6. The van der Waals surface area contributed by atoms with Crippen LogP contribution >= 0.6 is 0 Å². The van der Waals surface area contributed by atoms with E-state index in [0.717, 1.165) is 32.2 Å². The highest BCUT2D eigenvalue weighted by Crippen LogP contribution is 2.41. The maximum Gasteiger partial charge on any atom is 0.281 e. The van der Waals surface area contributed by atoms with Crippen LogP contribution in [0.4, 0.5) is 0 Å². The summed E-state index contributed by atoms with van der Waals surface area (Å²) in [6, 6.07) is 0. The Balaban J connectivity index is 2.02. The third-order valence-electron chi connectivity index (χ3n) is 5.41. The highest BCUT2D eigenvalue weighted by molar-refractivity contribution is 7.86. The van der Waals surface area contributed by atoms with Crippen LogP contribution in [0.1, 0.15) is 46.0 Å². The number of rotatable bonds is 4. The second-order valence-corrected chi connectivity index (χ2v) is 8.48. The molecule has 2 fully saturated rings. The largest absolute Gasteiger partial charge is 0.346 e. The highest BCUT2D eigenvalue weighted by Gasteiger charge is 2.40. The summed E-state index contributed by atoms with van der Waals surface area (Å²) in [6.07, 6.45) is 4.23. The Labute approximate surface area is 134 Å².